The number of benzene rings is 1. The van der Waals surface area contributed by atoms with Crippen molar-refractivity contribution in [1.29, 1.82) is 5.26 Å². The van der Waals surface area contributed by atoms with Crippen LogP contribution in [0.1, 0.15) is 31.4 Å². The van der Waals surface area contributed by atoms with Crippen LogP contribution in [0.2, 0.25) is 0 Å². The van der Waals surface area contributed by atoms with Gasteiger partial charge in [-0.2, -0.15) is 5.26 Å². The highest BCUT2D eigenvalue weighted by Crippen LogP contribution is 2.45. The van der Waals surface area contributed by atoms with E-state index >= 15 is 0 Å². The highest BCUT2D eigenvalue weighted by Gasteiger charge is 2.44. The van der Waals surface area contributed by atoms with Crippen molar-refractivity contribution in [3.8, 4) is 6.07 Å². The molecule has 1 saturated carbocycles. The van der Waals surface area contributed by atoms with Gasteiger partial charge in [-0.05, 0) is 43.9 Å². The molecule has 0 bridgehead atoms. The van der Waals surface area contributed by atoms with Gasteiger partial charge in [0.25, 0.3) is 0 Å². The van der Waals surface area contributed by atoms with Crippen molar-refractivity contribution in [3.63, 3.8) is 0 Å². The molecule has 0 aliphatic heterocycles. The number of allylic oxidation sites excluding steroid dienone is 1. The molecule has 1 aromatic rings. The Morgan fingerprint density at radius 2 is 2.11 bits per heavy atom. The van der Waals surface area contributed by atoms with Crippen LogP contribution in [0.25, 0.3) is 6.08 Å². The van der Waals surface area contributed by atoms with Crippen LogP contribution in [0, 0.1) is 23.2 Å². The van der Waals surface area contributed by atoms with Crippen molar-refractivity contribution >= 4 is 12.0 Å². The predicted octanol–water partition coefficient (Wildman–Crippen LogP) is 3.16. The standard InChI is InChI=1S/C16H17NO2/c1-3-19-16(18)15-9-14(15)11(2)8-12-4-6-13(10-17)7-5-12/h4-8,14-15H,3,9H2,1-2H3/b11-8+. The molecule has 0 saturated heterocycles. The van der Waals surface area contributed by atoms with Crippen molar-refractivity contribution in [1.82, 2.24) is 0 Å². The van der Waals surface area contributed by atoms with Crippen LogP contribution in [-0.2, 0) is 9.53 Å². The molecule has 3 heteroatoms. The van der Waals surface area contributed by atoms with E-state index in [1.807, 2.05) is 26.0 Å². The molecular formula is C16H17NO2. The summed E-state index contributed by atoms with van der Waals surface area (Å²) in [5, 5.41) is 8.74. The van der Waals surface area contributed by atoms with Gasteiger partial charge in [0, 0.05) is 0 Å². The summed E-state index contributed by atoms with van der Waals surface area (Å²) in [6.07, 6.45) is 2.96. The number of esters is 1. The Bertz CT molecular complexity index is 537. The Labute approximate surface area is 113 Å². The summed E-state index contributed by atoms with van der Waals surface area (Å²) in [4.78, 5) is 11.6. The van der Waals surface area contributed by atoms with E-state index in [0.717, 1.165) is 12.0 Å². The number of carbonyl (C=O) groups is 1. The first kappa shape index (κ1) is 13.4. The molecule has 0 heterocycles. The van der Waals surface area contributed by atoms with Gasteiger partial charge in [-0.25, -0.2) is 0 Å². The highest BCUT2D eigenvalue weighted by molar-refractivity contribution is 5.77. The van der Waals surface area contributed by atoms with Crippen LogP contribution in [0.4, 0.5) is 0 Å². The second-order valence-corrected chi connectivity index (χ2v) is 4.82. The fourth-order valence-corrected chi connectivity index (χ4v) is 2.23. The van der Waals surface area contributed by atoms with Gasteiger partial charge in [-0.1, -0.05) is 23.8 Å². The maximum atomic E-state index is 11.6. The van der Waals surface area contributed by atoms with Gasteiger partial charge in [0.15, 0.2) is 0 Å². The highest BCUT2D eigenvalue weighted by atomic mass is 16.5. The third kappa shape index (κ3) is 3.23. The lowest BCUT2D eigenvalue weighted by atomic mass is 10.1. The molecule has 0 aromatic heterocycles. The van der Waals surface area contributed by atoms with E-state index < -0.39 is 0 Å². The maximum absolute atomic E-state index is 11.6. The van der Waals surface area contributed by atoms with Crippen LogP contribution in [0.5, 0.6) is 0 Å². The van der Waals surface area contributed by atoms with Crippen molar-refractivity contribution in [2.45, 2.75) is 20.3 Å². The lowest BCUT2D eigenvalue weighted by Crippen LogP contribution is -2.07. The minimum atomic E-state index is -0.0833. The van der Waals surface area contributed by atoms with Crippen LogP contribution in [0.15, 0.2) is 29.8 Å². The fraction of sp³-hybridized carbons (Fsp3) is 0.375. The van der Waals surface area contributed by atoms with Gasteiger partial charge in [0.2, 0.25) is 0 Å². The first-order valence-electron chi connectivity index (χ1n) is 6.50. The Morgan fingerprint density at radius 1 is 1.42 bits per heavy atom. The zero-order valence-corrected chi connectivity index (χ0v) is 11.2. The molecule has 0 radical (unpaired) electrons. The second-order valence-electron chi connectivity index (χ2n) is 4.82. The van der Waals surface area contributed by atoms with Gasteiger partial charge in [-0.3, -0.25) is 4.79 Å². The molecule has 19 heavy (non-hydrogen) atoms. The number of nitrogens with zero attached hydrogens (tertiary/aromatic N) is 1. The van der Waals surface area contributed by atoms with Crippen LogP contribution < -0.4 is 0 Å². The van der Waals surface area contributed by atoms with E-state index in [-0.39, 0.29) is 11.9 Å². The number of carbonyl (C=O) groups excluding carboxylic acids is 1. The predicted molar refractivity (Wildman–Crippen MR) is 73.0 cm³/mol. The van der Waals surface area contributed by atoms with Crippen molar-refractivity contribution < 1.29 is 9.53 Å². The number of hydrogen-bond acceptors (Lipinski definition) is 3. The van der Waals surface area contributed by atoms with Crippen molar-refractivity contribution in [2.24, 2.45) is 11.8 Å². The summed E-state index contributed by atoms with van der Waals surface area (Å²) >= 11 is 0. The molecule has 2 rings (SSSR count). The van der Waals surface area contributed by atoms with E-state index in [2.05, 4.69) is 12.1 Å². The Balaban J connectivity index is 2.00. The van der Waals surface area contributed by atoms with Crippen molar-refractivity contribution in [2.75, 3.05) is 6.61 Å². The van der Waals surface area contributed by atoms with Crippen LogP contribution in [0.3, 0.4) is 0 Å². The first-order valence-corrected chi connectivity index (χ1v) is 6.50. The monoisotopic (exact) mass is 255 g/mol. The van der Waals surface area contributed by atoms with E-state index in [9.17, 15) is 4.79 Å². The minimum absolute atomic E-state index is 0.0366. The lowest BCUT2D eigenvalue weighted by molar-refractivity contribution is -0.144. The van der Waals surface area contributed by atoms with Gasteiger partial charge >= 0.3 is 5.97 Å². The summed E-state index contributed by atoms with van der Waals surface area (Å²) < 4.78 is 5.02. The third-order valence-electron chi connectivity index (χ3n) is 3.40. The third-order valence-corrected chi connectivity index (χ3v) is 3.40. The molecular weight excluding hydrogens is 238 g/mol. The first-order chi connectivity index (χ1) is 9.15. The Morgan fingerprint density at radius 3 is 2.68 bits per heavy atom. The molecule has 0 spiro atoms. The topological polar surface area (TPSA) is 50.1 Å². The van der Waals surface area contributed by atoms with Gasteiger partial charge < -0.3 is 4.74 Å². The number of rotatable bonds is 4. The normalized spacial score (nSPS) is 21.6. The smallest absolute Gasteiger partial charge is 0.309 e. The number of hydrogen-bond donors (Lipinski definition) is 0. The summed E-state index contributed by atoms with van der Waals surface area (Å²) in [5.74, 6) is 0.268. The van der Waals surface area contributed by atoms with E-state index in [1.54, 1.807) is 12.1 Å². The summed E-state index contributed by atoms with van der Waals surface area (Å²) in [6.45, 7) is 4.32. The van der Waals surface area contributed by atoms with E-state index in [1.165, 1.54) is 5.57 Å². The van der Waals surface area contributed by atoms with Gasteiger partial charge in [0.1, 0.15) is 0 Å². The summed E-state index contributed by atoms with van der Waals surface area (Å²) in [7, 11) is 0. The maximum Gasteiger partial charge on any atom is 0.309 e. The van der Waals surface area contributed by atoms with Gasteiger partial charge in [0.05, 0.1) is 24.2 Å². The zero-order chi connectivity index (χ0) is 13.8. The Kier molecular flexibility index (Phi) is 4.01. The van der Waals surface area contributed by atoms with Crippen LogP contribution in [-0.4, -0.2) is 12.6 Å². The molecule has 3 nitrogen and oxygen atoms in total. The molecule has 2 unspecified atom stereocenters. The molecule has 1 aromatic carbocycles. The quantitative estimate of drug-likeness (QED) is 0.776. The number of ether oxygens (including phenoxy) is 1. The second kappa shape index (κ2) is 5.71. The largest absolute Gasteiger partial charge is 0.466 e. The molecule has 0 amide bonds. The minimum Gasteiger partial charge on any atom is -0.466 e. The molecule has 1 fully saturated rings. The van der Waals surface area contributed by atoms with E-state index in [4.69, 9.17) is 10.00 Å². The van der Waals surface area contributed by atoms with Gasteiger partial charge in [-0.15, -0.1) is 0 Å². The van der Waals surface area contributed by atoms with Crippen LogP contribution >= 0.6 is 0 Å². The van der Waals surface area contributed by atoms with Crippen molar-refractivity contribution in [3.05, 3.63) is 41.0 Å². The summed E-state index contributed by atoms with van der Waals surface area (Å²) in [5.41, 5.74) is 2.92. The zero-order valence-electron chi connectivity index (χ0n) is 11.2. The SMILES string of the molecule is CCOC(=O)C1CC1/C(C)=C/c1ccc(C#N)cc1. The van der Waals surface area contributed by atoms with E-state index in [0.29, 0.717) is 18.1 Å². The Hall–Kier alpha value is -2.08. The lowest BCUT2D eigenvalue weighted by Gasteiger charge is -2.02. The summed E-state index contributed by atoms with van der Waals surface area (Å²) in [6, 6.07) is 9.54. The molecule has 1 aliphatic rings. The molecule has 0 N–H and O–H groups in total. The molecule has 98 valence electrons. The average Bonchev–Trinajstić information content (AvgIpc) is 3.20. The molecule has 2 atom stereocenters. The average molecular weight is 255 g/mol. The number of nitriles is 1. The fourth-order valence-electron chi connectivity index (χ4n) is 2.23. The molecule has 1 aliphatic carbocycles.